The number of nitrogens with one attached hydrogen (secondary N) is 1. The molecule has 1 N–H and O–H groups in total. The molecule has 1 aromatic carbocycles. The summed E-state index contributed by atoms with van der Waals surface area (Å²) in [5.74, 6) is 6.54. The summed E-state index contributed by atoms with van der Waals surface area (Å²) in [5.41, 5.74) is 2.03. The molecule has 102 valence electrons. The van der Waals surface area contributed by atoms with Crippen LogP contribution in [0.15, 0.2) is 24.3 Å². The number of para-hydroxylation sites is 1. The highest BCUT2D eigenvalue weighted by Gasteiger charge is 2.00. The largest absolute Gasteiger partial charge is 0.377 e. The summed E-state index contributed by atoms with van der Waals surface area (Å²) in [6.45, 7) is 0.364. The van der Waals surface area contributed by atoms with Gasteiger partial charge in [-0.05, 0) is 18.6 Å². The predicted octanol–water partition coefficient (Wildman–Crippen LogP) is 2.24. The molecule has 0 fully saturated rings. The van der Waals surface area contributed by atoms with Crippen molar-refractivity contribution in [3.05, 3.63) is 29.8 Å². The van der Waals surface area contributed by atoms with E-state index in [1.54, 1.807) is 0 Å². The lowest BCUT2D eigenvalue weighted by molar-refractivity contribution is -0.120. The molecule has 4 heteroatoms. The number of carbonyl (C=O) groups is 1. The van der Waals surface area contributed by atoms with Crippen molar-refractivity contribution in [2.45, 2.75) is 12.8 Å². The Morgan fingerprint density at radius 1 is 1.37 bits per heavy atom. The number of nitrogens with zero attached hydrogens (tertiary/aromatic N) is 1. The summed E-state index contributed by atoms with van der Waals surface area (Å²) in [7, 11) is 3.96. The third kappa shape index (κ3) is 5.67. The molecule has 0 aliphatic heterocycles. The van der Waals surface area contributed by atoms with Crippen molar-refractivity contribution < 1.29 is 4.79 Å². The molecule has 1 amide bonds. The first-order valence-electron chi connectivity index (χ1n) is 6.23. The van der Waals surface area contributed by atoms with Gasteiger partial charge in [0.2, 0.25) is 5.91 Å². The van der Waals surface area contributed by atoms with Crippen molar-refractivity contribution in [2.24, 2.45) is 0 Å². The highest BCUT2D eigenvalue weighted by molar-refractivity contribution is 6.17. The zero-order valence-corrected chi connectivity index (χ0v) is 12.1. The van der Waals surface area contributed by atoms with Crippen LogP contribution in [0, 0.1) is 11.8 Å². The lowest BCUT2D eigenvalue weighted by atomic mass is 10.1. The summed E-state index contributed by atoms with van der Waals surface area (Å²) in [5, 5.41) is 2.75. The SMILES string of the molecule is CN(C)c1ccccc1C#CCNC(=O)CCCCl. The lowest BCUT2D eigenvalue weighted by Crippen LogP contribution is -2.23. The van der Waals surface area contributed by atoms with Gasteiger partial charge in [0.15, 0.2) is 0 Å². The van der Waals surface area contributed by atoms with Crippen molar-refractivity contribution >= 4 is 23.2 Å². The summed E-state index contributed by atoms with van der Waals surface area (Å²) in [6.07, 6.45) is 1.16. The maximum atomic E-state index is 11.3. The number of hydrogen-bond donors (Lipinski definition) is 1. The Morgan fingerprint density at radius 3 is 2.79 bits per heavy atom. The minimum absolute atomic E-state index is 0.00385. The van der Waals surface area contributed by atoms with Crippen LogP contribution in [0.2, 0.25) is 0 Å². The second-order valence-corrected chi connectivity index (χ2v) is 4.66. The zero-order chi connectivity index (χ0) is 14.1. The van der Waals surface area contributed by atoms with E-state index in [0.717, 1.165) is 11.3 Å². The zero-order valence-electron chi connectivity index (χ0n) is 11.4. The number of carbonyl (C=O) groups excluding carboxylic acids is 1. The lowest BCUT2D eigenvalue weighted by Gasteiger charge is -2.13. The third-order valence-corrected chi connectivity index (χ3v) is 2.79. The highest BCUT2D eigenvalue weighted by atomic mass is 35.5. The molecule has 0 unspecified atom stereocenters. The minimum atomic E-state index is -0.00385. The van der Waals surface area contributed by atoms with Gasteiger partial charge in [-0.25, -0.2) is 0 Å². The molecule has 0 radical (unpaired) electrons. The third-order valence-electron chi connectivity index (χ3n) is 2.52. The van der Waals surface area contributed by atoms with Gasteiger partial charge in [-0.2, -0.15) is 0 Å². The minimum Gasteiger partial charge on any atom is -0.377 e. The Hall–Kier alpha value is -1.66. The van der Waals surface area contributed by atoms with E-state index in [-0.39, 0.29) is 5.91 Å². The van der Waals surface area contributed by atoms with Crippen LogP contribution in [0.25, 0.3) is 0 Å². The fourth-order valence-electron chi connectivity index (χ4n) is 1.57. The Bertz CT molecular complexity index is 475. The van der Waals surface area contributed by atoms with Crippen LogP contribution >= 0.6 is 11.6 Å². The Balaban J connectivity index is 2.52. The molecule has 0 saturated carbocycles. The summed E-state index contributed by atoms with van der Waals surface area (Å²) < 4.78 is 0. The van der Waals surface area contributed by atoms with Crippen LogP contribution in [0.5, 0.6) is 0 Å². The Kier molecular flexibility index (Phi) is 6.84. The highest BCUT2D eigenvalue weighted by Crippen LogP contribution is 2.16. The quantitative estimate of drug-likeness (QED) is 0.662. The number of benzene rings is 1. The van der Waals surface area contributed by atoms with Crippen molar-refractivity contribution in [2.75, 3.05) is 31.4 Å². The fraction of sp³-hybridized carbons (Fsp3) is 0.400. The number of amides is 1. The molecule has 0 aliphatic rings. The van der Waals surface area contributed by atoms with Gasteiger partial charge in [-0.15, -0.1) is 11.6 Å². The molecule has 0 aromatic heterocycles. The average molecular weight is 279 g/mol. The summed E-state index contributed by atoms with van der Waals surface area (Å²) in [6, 6.07) is 7.92. The molecule has 0 saturated heterocycles. The topological polar surface area (TPSA) is 32.3 Å². The van der Waals surface area contributed by atoms with Gasteiger partial charge in [0, 0.05) is 32.0 Å². The van der Waals surface area contributed by atoms with E-state index < -0.39 is 0 Å². The molecule has 0 heterocycles. The molecule has 1 rings (SSSR count). The van der Waals surface area contributed by atoms with E-state index >= 15 is 0 Å². The second-order valence-electron chi connectivity index (χ2n) is 4.28. The van der Waals surface area contributed by atoms with Crippen LogP contribution in [0.4, 0.5) is 5.69 Å². The monoisotopic (exact) mass is 278 g/mol. The first-order chi connectivity index (χ1) is 9.15. The molecule has 0 spiro atoms. The van der Waals surface area contributed by atoms with E-state index in [0.29, 0.717) is 25.3 Å². The van der Waals surface area contributed by atoms with Crippen molar-refractivity contribution in [1.29, 1.82) is 0 Å². The van der Waals surface area contributed by atoms with Crippen molar-refractivity contribution in [1.82, 2.24) is 5.32 Å². The van der Waals surface area contributed by atoms with Gasteiger partial charge in [-0.1, -0.05) is 24.0 Å². The van der Waals surface area contributed by atoms with Gasteiger partial charge < -0.3 is 10.2 Å². The summed E-state index contributed by atoms with van der Waals surface area (Å²) >= 11 is 5.52. The average Bonchev–Trinajstić information content (AvgIpc) is 2.41. The van der Waals surface area contributed by atoms with E-state index in [2.05, 4.69) is 17.2 Å². The first-order valence-corrected chi connectivity index (χ1v) is 6.76. The van der Waals surface area contributed by atoms with Crippen LogP contribution in [-0.2, 0) is 4.79 Å². The first kappa shape index (κ1) is 15.4. The van der Waals surface area contributed by atoms with Gasteiger partial charge >= 0.3 is 0 Å². The van der Waals surface area contributed by atoms with Crippen LogP contribution in [-0.4, -0.2) is 32.4 Å². The second kappa shape index (κ2) is 8.44. The Morgan fingerprint density at radius 2 is 2.11 bits per heavy atom. The van der Waals surface area contributed by atoms with E-state index in [9.17, 15) is 4.79 Å². The molecular formula is C15H19ClN2O. The standard InChI is InChI=1S/C15H19ClN2O/c1-18(2)14-9-4-3-7-13(14)8-6-12-17-15(19)10-5-11-16/h3-4,7,9H,5,10-12H2,1-2H3,(H,17,19). The fourth-order valence-corrected chi connectivity index (χ4v) is 1.70. The summed E-state index contributed by atoms with van der Waals surface area (Å²) in [4.78, 5) is 13.4. The van der Waals surface area contributed by atoms with E-state index in [1.807, 2.05) is 43.3 Å². The smallest absolute Gasteiger partial charge is 0.220 e. The Labute approximate surface area is 119 Å². The molecule has 0 bridgehead atoms. The molecule has 3 nitrogen and oxygen atoms in total. The molecule has 1 aromatic rings. The van der Waals surface area contributed by atoms with E-state index in [4.69, 9.17) is 11.6 Å². The molecule has 0 atom stereocenters. The number of rotatable bonds is 5. The number of hydrogen-bond acceptors (Lipinski definition) is 2. The molecular weight excluding hydrogens is 260 g/mol. The van der Waals surface area contributed by atoms with Crippen molar-refractivity contribution in [3.63, 3.8) is 0 Å². The normalized spacial score (nSPS) is 9.42. The van der Waals surface area contributed by atoms with Gasteiger partial charge in [0.25, 0.3) is 0 Å². The predicted molar refractivity (Wildman–Crippen MR) is 80.6 cm³/mol. The van der Waals surface area contributed by atoms with Gasteiger partial charge in [0.1, 0.15) is 0 Å². The van der Waals surface area contributed by atoms with Gasteiger partial charge in [0.05, 0.1) is 12.2 Å². The molecule has 19 heavy (non-hydrogen) atoms. The maximum absolute atomic E-state index is 11.3. The van der Waals surface area contributed by atoms with Gasteiger partial charge in [-0.3, -0.25) is 4.79 Å². The van der Waals surface area contributed by atoms with Crippen molar-refractivity contribution in [3.8, 4) is 11.8 Å². The maximum Gasteiger partial charge on any atom is 0.220 e. The van der Waals surface area contributed by atoms with Crippen LogP contribution in [0.1, 0.15) is 18.4 Å². The van der Waals surface area contributed by atoms with Crippen LogP contribution < -0.4 is 10.2 Å². The number of anilines is 1. The van der Waals surface area contributed by atoms with E-state index in [1.165, 1.54) is 0 Å². The molecule has 0 aliphatic carbocycles. The van der Waals surface area contributed by atoms with Crippen LogP contribution in [0.3, 0.4) is 0 Å². The number of halogens is 1. The number of alkyl halides is 1.